The summed E-state index contributed by atoms with van der Waals surface area (Å²) >= 11 is 5.72. The highest BCUT2D eigenvalue weighted by Gasteiger charge is 2.41. The van der Waals surface area contributed by atoms with E-state index in [1.165, 1.54) is 0 Å². The van der Waals surface area contributed by atoms with Gasteiger partial charge in [-0.2, -0.15) is 0 Å². The first-order valence-electron chi connectivity index (χ1n) is 5.12. The van der Waals surface area contributed by atoms with Crippen LogP contribution in [-0.2, 0) is 4.79 Å². The summed E-state index contributed by atoms with van der Waals surface area (Å²) in [6.07, 6.45) is 1.26. The average molecular weight is 239 g/mol. The second kappa shape index (κ2) is 4.26. The van der Waals surface area contributed by atoms with Gasteiger partial charge in [-0.05, 0) is 37.1 Å². The van der Waals surface area contributed by atoms with Crippen LogP contribution in [0.2, 0.25) is 5.02 Å². The van der Waals surface area contributed by atoms with Gasteiger partial charge in [-0.25, -0.2) is 0 Å². The third-order valence-corrected chi connectivity index (χ3v) is 3.31. The number of halogens is 1. The first-order valence-corrected chi connectivity index (χ1v) is 5.50. The molecule has 3 nitrogen and oxygen atoms in total. The molecule has 16 heavy (non-hydrogen) atoms. The van der Waals surface area contributed by atoms with Crippen LogP contribution in [0.4, 0.5) is 0 Å². The van der Waals surface area contributed by atoms with E-state index in [1.54, 1.807) is 24.3 Å². The molecule has 0 bridgehead atoms. The molecule has 0 aromatic heterocycles. The summed E-state index contributed by atoms with van der Waals surface area (Å²) in [6, 6.07) is 6.57. The third-order valence-electron chi connectivity index (χ3n) is 3.06. The van der Waals surface area contributed by atoms with E-state index in [9.17, 15) is 9.59 Å². The minimum Gasteiger partial charge on any atom is -0.481 e. The van der Waals surface area contributed by atoms with Crippen molar-refractivity contribution in [3.05, 3.63) is 34.9 Å². The number of benzene rings is 1. The molecule has 1 N–H and O–H groups in total. The molecular formula is C12H11ClO3. The highest BCUT2D eigenvalue weighted by molar-refractivity contribution is 6.30. The van der Waals surface area contributed by atoms with E-state index in [0.717, 1.165) is 0 Å². The van der Waals surface area contributed by atoms with Gasteiger partial charge in [-0.1, -0.05) is 11.6 Å². The average Bonchev–Trinajstić information content (AvgIpc) is 2.15. The Hall–Kier alpha value is -1.35. The van der Waals surface area contributed by atoms with Gasteiger partial charge < -0.3 is 5.11 Å². The lowest BCUT2D eigenvalue weighted by molar-refractivity contribution is -0.146. The molecule has 1 aromatic rings. The van der Waals surface area contributed by atoms with Gasteiger partial charge in [0.2, 0.25) is 0 Å². The van der Waals surface area contributed by atoms with Crippen molar-refractivity contribution in [2.45, 2.75) is 12.8 Å². The van der Waals surface area contributed by atoms with E-state index >= 15 is 0 Å². The summed E-state index contributed by atoms with van der Waals surface area (Å²) in [5, 5.41) is 9.44. The lowest BCUT2D eigenvalue weighted by Crippen LogP contribution is -2.38. The zero-order valence-corrected chi connectivity index (χ0v) is 9.28. The monoisotopic (exact) mass is 238 g/mol. The lowest BCUT2D eigenvalue weighted by Gasteiger charge is -2.31. The summed E-state index contributed by atoms with van der Waals surface area (Å²) in [6.45, 7) is 0. The van der Waals surface area contributed by atoms with E-state index in [-0.39, 0.29) is 11.7 Å². The zero-order valence-electron chi connectivity index (χ0n) is 8.52. The summed E-state index contributed by atoms with van der Waals surface area (Å²) in [5.41, 5.74) is 0.542. The van der Waals surface area contributed by atoms with Crippen LogP contribution in [0.5, 0.6) is 0 Å². The van der Waals surface area contributed by atoms with Crippen LogP contribution in [0.15, 0.2) is 24.3 Å². The Labute approximate surface area is 98.0 Å². The van der Waals surface area contributed by atoms with Crippen LogP contribution in [0.25, 0.3) is 0 Å². The molecule has 84 valence electrons. The SMILES string of the molecule is O=C(O)[C@@H]1CC[C@H]1C(=O)c1ccc(Cl)cc1. The third kappa shape index (κ3) is 1.95. The van der Waals surface area contributed by atoms with Crippen molar-refractivity contribution < 1.29 is 14.7 Å². The summed E-state index contributed by atoms with van der Waals surface area (Å²) < 4.78 is 0. The molecule has 0 amide bonds. The predicted octanol–water partition coefficient (Wildman–Crippen LogP) is 2.63. The highest BCUT2D eigenvalue weighted by atomic mass is 35.5. The Balaban J connectivity index is 2.14. The number of hydrogen-bond acceptors (Lipinski definition) is 2. The van der Waals surface area contributed by atoms with E-state index in [2.05, 4.69) is 0 Å². The number of aliphatic carboxylic acids is 1. The first-order chi connectivity index (χ1) is 7.59. The van der Waals surface area contributed by atoms with Crippen LogP contribution in [0, 0.1) is 11.8 Å². The maximum absolute atomic E-state index is 11.9. The molecule has 0 spiro atoms. The number of carboxylic acid groups (broad SMARTS) is 1. The largest absolute Gasteiger partial charge is 0.481 e. The van der Waals surface area contributed by atoms with Gasteiger partial charge in [0, 0.05) is 16.5 Å². The molecular weight excluding hydrogens is 228 g/mol. The second-order valence-electron chi connectivity index (χ2n) is 4.00. The van der Waals surface area contributed by atoms with E-state index in [4.69, 9.17) is 16.7 Å². The molecule has 4 heteroatoms. The second-order valence-corrected chi connectivity index (χ2v) is 4.44. The number of carbonyl (C=O) groups is 2. The molecule has 1 fully saturated rings. The van der Waals surface area contributed by atoms with Crippen LogP contribution in [0.1, 0.15) is 23.2 Å². The minimum atomic E-state index is -0.876. The lowest BCUT2D eigenvalue weighted by atomic mass is 9.70. The molecule has 1 aromatic carbocycles. The molecule has 0 unspecified atom stereocenters. The molecule has 1 aliphatic rings. The summed E-state index contributed by atoms with van der Waals surface area (Å²) in [7, 11) is 0. The van der Waals surface area contributed by atoms with Gasteiger partial charge in [0.1, 0.15) is 0 Å². The van der Waals surface area contributed by atoms with Crippen molar-refractivity contribution in [3.8, 4) is 0 Å². The van der Waals surface area contributed by atoms with Gasteiger partial charge in [0.25, 0.3) is 0 Å². The van der Waals surface area contributed by atoms with Crippen LogP contribution < -0.4 is 0 Å². The fourth-order valence-electron chi connectivity index (χ4n) is 1.94. The van der Waals surface area contributed by atoms with Gasteiger partial charge >= 0.3 is 5.97 Å². The van der Waals surface area contributed by atoms with E-state index in [0.29, 0.717) is 23.4 Å². The van der Waals surface area contributed by atoms with E-state index in [1.807, 2.05) is 0 Å². The van der Waals surface area contributed by atoms with Crippen molar-refractivity contribution in [3.63, 3.8) is 0 Å². The Bertz CT molecular complexity index is 424. The Morgan fingerprint density at radius 1 is 1.12 bits per heavy atom. The van der Waals surface area contributed by atoms with E-state index < -0.39 is 11.9 Å². The Kier molecular flexibility index (Phi) is 2.97. The van der Waals surface area contributed by atoms with Crippen LogP contribution >= 0.6 is 11.6 Å². The van der Waals surface area contributed by atoms with Crippen molar-refractivity contribution >= 4 is 23.4 Å². The number of rotatable bonds is 3. The number of ketones is 1. The maximum atomic E-state index is 11.9. The molecule has 1 aliphatic carbocycles. The molecule has 2 rings (SSSR count). The predicted molar refractivity (Wildman–Crippen MR) is 59.6 cm³/mol. The molecule has 0 aliphatic heterocycles. The number of Topliss-reactive ketones (excluding diaryl/α,β-unsaturated/α-hetero) is 1. The maximum Gasteiger partial charge on any atom is 0.307 e. The fourth-order valence-corrected chi connectivity index (χ4v) is 2.06. The topological polar surface area (TPSA) is 54.4 Å². The standard InChI is InChI=1S/C12H11ClO3/c13-8-3-1-7(2-4-8)11(14)9-5-6-10(9)12(15)16/h1-4,9-10H,5-6H2,(H,15,16)/t9-,10-/m1/s1. The van der Waals surface area contributed by atoms with Crippen molar-refractivity contribution in [2.75, 3.05) is 0 Å². The van der Waals surface area contributed by atoms with Crippen LogP contribution in [-0.4, -0.2) is 16.9 Å². The Morgan fingerprint density at radius 3 is 2.12 bits per heavy atom. The Morgan fingerprint density at radius 2 is 1.69 bits per heavy atom. The normalized spacial score (nSPS) is 23.6. The molecule has 0 heterocycles. The van der Waals surface area contributed by atoms with Gasteiger partial charge in [0.05, 0.1) is 5.92 Å². The van der Waals surface area contributed by atoms with Gasteiger partial charge in [-0.3, -0.25) is 9.59 Å². The van der Waals surface area contributed by atoms with Gasteiger partial charge in [-0.15, -0.1) is 0 Å². The fraction of sp³-hybridized carbons (Fsp3) is 0.333. The molecule has 2 atom stereocenters. The van der Waals surface area contributed by atoms with Crippen molar-refractivity contribution in [2.24, 2.45) is 11.8 Å². The smallest absolute Gasteiger partial charge is 0.307 e. The van der Waals surface area contributed by atoms with Crippen molar-refractivity contribution in [1.82, 2.24) is 0 Å². The van der Waals surface area contributed by atoms with Crippen molar-refractivity contribution in [1.29, 1.82) is 0 Å². The quantitative estimate of drug-likeness (QED) is 0.824. The molecule has 0 saturated heterocycles. The summed E-state index contributed by atoms with van der Waals surface area (Å²) in [4.78, 5) is 22.8. The number of carbonyl (C=O) groups excluding carboxylic acids is 1. The zero-order chi connectivity index (χ0) is 11.7. The highest BCUT2D eigenvalue weighted by Crippen LogP contribution is 2.36. The summed E-state index contributed by atoms with van der Waals surface area (Å²) in [5.74, 6) is -1.84. The van der Waals surface area contributed by atoms with Crippen LogP contribution in [0.3, 0.4) is 0 Å². The van der Waals surface area contributed by atoms with Gasteiger partial charge in [0.15, 0.2) is 5.78 Å². The number of carboxylic acids is 1. The first kappa shape index (κ1) is 11.1. The minimum absolute atomic E-state index is 0.0877. The number of hydrogen-bond donors (Lipinski definition) is 1. The molecule has 0 radical (unpaired) electrons. The molecule has 1 saturated carbocycles.